The molecule has 26 heavy (non-hydrogen) atoms. The van der Waals surface area contributed by atoms with Crippen LogP contribution in [0.25, 0.3) is 0 Å². The number of rotatable bonds is 5. The number of hydrogen-bond donors (Lipinski definition) is 1. The highest BCUT2D eigenvalue weighted by molar-refractivity contribution is 7.99. The Balaban J connectivity index is 1.87. The number of carbonyl (C=O) groups is 1. The summed E-state index contributed by atoms with van der Waals surface area (Å²) >= 11 is 7.55. The van der Waals surface area contributed by atoms with Crippen LogP contribution in [0, 0.1) is 10.1 Å². The molecule has 0 aliphatic heterocycles. The van der Waals surface area contributed by atoms with Crippen molar-refractivity contribution < 1.29 is 9.72 Å². The van der Waals surface area contributed by atoms with Gasteiger partial charge in [-0.05, 0) is 30.3 Å². The molecule has 0 fully saturated rings. The van der Waals surface area contributed by atoms with E-state index in [0.717, 1.165) is 9.79 Å². The Morgan fingerprint density at radius 1 is 1.00 bits per heavy atom. The van der Waals surface area contributed by atoms with Gasteiger partial charge in [0.1, 0.15) is 0 Å². The molecule has 0 heterocycles. The fraction of sp³-hybridized carbons (Fsp3) is 0. The number of nitrogens with zero attached hydrogens (tertiary/aromatic N) is 1. The third-order valence-electron chi connectivity index (χ3n) is 3.51. The average molecular weight is 385 g/mol. The smallest absolute Gasteiger partial charge is 0.270 e. The van der Waals surface area contributed by atoms with Crippen LogP contribution >= 0.6 is 23.4 Å². The summed E-state index contributed by atoms with van der Waals surface area (Å²) in [5.41, 5.74) is 0.473. The van der Waals surface area contributed by atoms with Crippen LogP contribution in [-0.2, 0) is 0 Å². The minimum atomic E-state index is -0.563. The number of nitro groups is 1. The lowest BCUT2D eigenvalue weighted by Crippen LogP contribution is -2.13. The maximum Gasteiger partial charge on any atom is 0.270 e. The van der Waals surface area contributed by atoms with Gasteiger partial charge in [0.05, 0.1) is 21.2 Å². The molecule has 0 atom stereocenters. The van der Waals surface area contributed by atoms with E-state index in [-0.39, 0.29) is 16.3 Å². The van der Waals surface area contributed by atoms with Crippen LogP contribution in [0.3, 0.4) is 0 Å². The summed E-state index contributed by atoms with van der Waals surface area (Å²) in [6, 6.07) is 20.9. The van der Waals surface area contributed by atoms with Gasteiger partial charge in [0.15, 0.2) is 0 Å². The van der Waals surface area contributed by atoms with Crippen molar-refractivity contribution in [3.8, 4) is 0 Å². The van der Waals surface area contributed by atoms with Gasteiger partial charge >= 0.3 is 0 Å². The molecule has 0 aliphatic carbocycles. The zero-order valence-corrected chi connectivity index (χ0v) is 15.0. The molecule has 0 saturated heterocycles. The second-order valence-electron chi connectivity index (χ2n) is 5.29. The van der Waals surface area contributed by atoms with E-state index in [2.05, 4.69) is 5.32 Å². The molecule has 1 amide bonds. The molecule has 0 unspecified atom stereocenters. The van der Waals surface area contributed by atoms with Crippen molar-refractivity contribution in [2.45, 2.75) is 9.79 Å². The van der Waals surface area contributed by atoms with Crippen molar-refractivity contribution in [2.24, 2.45) is 0 Å². The molecule has 7 heteroatoms. The Morgan fingerprint density at radius 3 is 2.42 bits per heavy atom. The highest BCUT2D eigenvalue weighted by atomic mass is 35.5. The molecule has 0 aliphatic rings. The monoisotopic (exact) mass is 384 g/mol. The summed E-state index contributed by atoms with van der Waals surface area (Å²) in [5, 5.41) is 13.9. The van der Waals surface area contributed by atoms with E-state index >= 15 is 0 Å². The molecule has 0 bridgehead atoms. The Kier molecular flexibility index (Phi) is 5.55. The minimum absolute atomic E-state index is 0.0559. The number of benzene rings is 3. The summed E-state index contributed by atoms with van der Waals surface area (Å²) in [6.45, 7) is 0. The lowest BCUT2D eigenvalue weighted by molar-refractivity contribution is -0.384. The van der Waals surface area contributed by atoms with Gasteiger partial charge in [0.25, 0.3) is 11.6 Å². The van der Waals surface area contributed by atoms with Gasteiger partial charge in [-0.25, -0.2) is 0 Å². The van der Waals surface area contributed by atoms with Gasteiger partial charge in [0.2, 0.25) is 0 Å². The van der Waals surface area contributed by atoms with E-state index in [1.54, 1.807) is 12.1 Å². The van der Waals surface area contributed by atoms with E-state index in [4.69, 9.17) is 11.6 Å². The topological polar surface area (TPSA) is 72.2 Å². The number of nitrogens with one attached hydrogen (secondary N) is 1. The number of carbonyl (C=O) groups excluding carboxylic acids is 1. The van der Waals surface area contributed by atoms with Crippen LogP contribution in [0.2, 0.25) is 5.02 Å². The van der Waals surface area contributed by atoms with E-state index in [1.807, 2.05) is 42.5 Å². The molecule has 0 spiro atoms. The molecular formula is C19H13ClN2O3S. The molecule has 1 N–H and O–H groups in total. The zero-order chi connectivity index (χ0) is 18.5. The summed E-state index contributed by atoms with van der Waals surface area (Å²) in [7, 11) is 0. The molecule has 130 valence electrons. The van der Waals surface area contributed by atoms with E-state index in [0.29, 0.717) is 5.69 Å². The number of amides is 1. The quantitative estimate of drug-likeness (QED) is 0.455. The summed E-state index contributed by atoms with van der Waals surface area (Å²) in [5.74, 6) is -0.500. The van der Waals surface area contributed by atoms with Crippen LogP contribution in [0.1, 0.15) is 10.4 Å². The second kappa shape index (κ2) is 8.03. The Labute approximate surface area is 159 Å². The second-order valence-corrected chi connectivity index (χ2v) is 6.81. The van der Waals surface area contributed by atoms with Crippen molar-refractivity contribution in [3.63, 3.8) is 0 Å². The minimum Gasteiger partial charge on any atom is -0.321 e. The van der Waals surface area contributed by atoms with E-state index in [9.17, 15) is 14.9 Å². The van der Waals surface area contributed by atoms with Gasteiger partial charge < -0.3 is 5.32 Å². The number of para-hydroxylation sites is 1. The molecule has 0 saturated carbocycles. The molecule has 0 radical (unpaired) electrons. The van der Waals surface area contributed by atoms with Crippen LogP contribution < -0.4 is 5.32 Å². The predicted molar refractivity (Wildman–Crippen MR) is 103 cm³/mol. The average Bonchev–Trinajstić information content (AvgIpc) is 2.64. The lowest BCUT2D eigenvalue weighted by Gasteiger charge is -2.11. The highest BCUT2D eigenvalue weighted by Gasteiger charge is 2.17. The van der Waals surface area contributed by atoms with Gasteiger partial charge in [-0.1, -0.05) is 53.7 Å². The Hall–Kier alpha value is -2.83. The Morgan fingerprint density at radius 2 is 1.69 bits per heavy atom. The fourth-order valence-electron chi connectivity index (χ4n) is 2.26. The van der Waals surface area contributed by atoms with Gasteiger partial charge in [-0.3, -0.25) is 14.9 Å². The summed E-state index contributed by atoms with van der Waals surface area (Å²) < 4.78 is 0. The molecule has 3 rings (SSSR count). The van der Waals surface area contributed by atoms with Gasteiger partial charge in [-0.15, -0.1) is 0 Å². The van der Waals surface area contributed by atoms with Crippen molar-refractivity contribution in [2.75, 3.05) is 5.32 Å². The molecule has 3 aromatic carbocycles. The summed E-state index contributed by atoms with van der Waals surface area (Å²) in [4.78, 5) is 24.8. The van der Waals surface area contributed by atoms with Crippen molar-refractivity contribution >= 4 is 40.6 Å². The molecule has 0 aromatic heterocycles. The first-order chi connectivity index (χ1) is 12.5. The number of nitro benzene ring substituents is 1. The number of anilines is 1. The molecule has 5 nitrogen and oxygen atoms in total. The maximum absolute atomic E-state index is 12.6. The summed E-state index contributed by atoms with van der Waals surface area (Å²) in [6.07, 6.45) is 0. The third kappa shape index (κ3) is 4.22. The van der Waals surface area contributed by atoms with Crippen LogP contribution in [0.5, 0.6) is 0 Å². The number of non-ortho nitro benzene ring substituents is 1. The van der Waals surface area contributed by atoms with E-state index < -0.39 is 10.8 Å². The predicted octanol–water partition coefficient (Wildman–Crippen LogP) is 5.65. The zero-order valence-electron chi connectivity index (χ0n) is 13.4. The van der Waals surface area contributed by atoms with Crippen molar-refractivity contribution in [3.05, 3.63) is 93.5 Å². The van der Waals surface area contributed by atoms with Crippen LogP contribution in [-0.4, -0.2) is 10.8 Å². The normalized spacial score (nSPS) is 10.3. The SMILES string of the molecule is O=C(Nc1ccccc1Sc1ccccc1)c1cc([N+](=O)[O-])ccc1Cl. The lowest BCUT2D eigenvalue weighted by atomic mass is 10.2. The first-order valence-electron chi connectivity index (χ1n) is 7.62. The van der Waals surface area contributed by atoms with Crippen molar-refractivity contribution in [1.29, 1.82) is 0 Å². The van der Waals surface area contributed by atoms with E-state index in [1.165, 1.54) is 30.0 Å². The Bertz CT molecular complexity index is 964. The number of hydrogen-bond acceptors (Lipinski definition) is 4. The fourth-order valence-corrected chi connectivity index (χ4v) is 3.39. The van der Waals surface area contributed by atoms with Crippen LogP contribution in [0.4, 0.5) is 11.4 Å². The number of halogens is 1. The first-order valence-corrected chi connectivity index (χ1v) is 8.81. The largest absolute Gasteiger partial charge is 0.321 e. The molecule has 3 aromatic rings. The standard InChI is InChI=1S/C19H13ClN2O3S/c20-16-11-10-13(22(24)25)12-15(16)19(23)21-17-8-4-5-9-18(17)26-14-6-2-1-3-7-14/h1-12H,(H,21,23). The van der Waals surface area contributed by atoms with Crippen LogP contribution in [0.15, 0.2) is 82.6 Å². The first kappa shape index (κ1) is 18.0. The van der Waals surface area contributed by atoms with Gasteiger partial charge in [0, 0.05) is 21.9 Å². The van der Waals surface area contributed by atoms with Gasteiger partial charge in [-0.2, -0.15) is 0 Å². The molecular weight excluding hydrogens is 372 g/mol. The maximum atomic E-state index is 12.6. The van der Waals surface area contributed by atoms with Crippen molar-refractivity contribution in [1.82, 2.24) is 0 Å². The third-order valence-corrected chi connectivity index (χ3v) is 4.93. The highest BCUT2D eigenvalue weighted by Crippen LogP contribution is 2.33.